The molecule has 0 saturated carbocycles. The van der Waals surface area contributed by atoms with Gasteiger partial charge in [0.15, 0.2) is 5.75 Å². The molecule has 0 aliphatic carbocycles. The molecule has 178 valence electrons. The number of imide groups is 2. The van der Waals surface area contributed by atoms with E-state index >= 15 is 0 Å². The average Bonchev–Trinajstić information content (AvgIpc) is 2.76. The van der Waals surface area contributed by atoms with E-state index < -0.39 is 17.8 Å². The van der Waals surface area contributed by atoms with Gasteiger partial charge in [-0.15, -0.1) is 0 Å². The molecule has 6 nitrogen and oxygen atoms in total. The lowest BCUT2D eigenvalue weighted by atomic mass is 10.1. The number of nitrogens with zero attached hydrogens (tertiary/aromatic N) is 1. The molecule has 0 unspecified atom stereocenters. The van der Waals surface area contributed by atoms with Gasteiger partial charge in [0.1, 0.15) is 12.2 Å². The highest BCUT2D eigenvalue weighted by molar-refractivity contribution is 9.10. The molecule has 35 heavy (non-hydrogen) atoms. The Kier molecular flexibility index (Phi) is 7.10. The predicted octanol–water partition coefficient (Wildman–Crippen LogP) is 6.27. The molecule has 0 radical (unpaired) electrons. The molecule has 3 aromatic carbocycles. The first-order valence-electron chi connectivity index (χ1n) is 10.8. The van der Waals surface area contributed by atoms with Crippen molar-refractivity contribution >= 4 is 57.1 Å². The van der Waals surface area contributed by atoms with Gasteiger partial charge in [-0.25, -0.2) is 9.69 Å². The van der Waals surface area contributed by atoms with E-state index in [4.69, 9.17) is 16.3 Å². The highest BCUT2D eigenvalue weighted by atomic mass is 79.9. The van der Waals surface area contributed by atoms with Gasteiger partial charge in [-0.3, -0.25) is 14.9 Å². The number of amides is 4. The number of nitrogens with one attached hydrogen (secondary N) is 1. The summed E-state index contributed by atoms with van der Waals surface area (Å²) in [5, 5.41) is 2.55. The fraction of sp³-hybridized carbons (Fsp3) is 0.148. The zero-order valence-corrected chi connectivity index (χ0v) is 21.7. The number of carbonyl (C=O) groups is 3. The number of rotatable bonds is 5. The number of hydrogen-bond acceptors (Lipinski definition) is 4. The number of barbiturate groups is 1. The summed E-state index contributed by atoms with van der Waals surface area (Å²) in [5.74, 6) is -1.04. The van der Waals surface area contributed by atoms with Gasteiger partial charge in [-0.2, -0.15) is 0 Å². The zero-order chi connectivity index (χ0) is 25.3. The molecule has 1 saturated heterocycles. The molecule has 3 aromatic rings. The maximum Gasteiger partial charge on any atom is 0.335 e. The molecule has 1 aliphatic heterocycles. The Balaban J connectivity index is 1.62. The van der Waals surface area contributed by atoms with Crippen molar-refractivity contribution in [3.05, 3.63) is 97.5 Å². The minimum atomic E-state index is -0.791. The molecule has 4 amide bonds. The number of anilines is 1. The Morgan fingerprint density at radius 3 is 2.23 bits per heavy atom. The molecule has 4 rings (SSSR count). The number of urea groups is 1. The molecule has 1 fully saturated rings. The lowest BCUT2D eigenvalue weighted by Crippen LogP contribution is -2.54. The van der Waals surface area contributed by atoms with E-state index in [1.807, 2.05) is 51.1 Å². The van der Waals surface area contributed by atoms with Crippen LogP contribution in [-0.4, -0.2) is 17.8 Å². The number of benzene rings is 3. The Morgan fingerprint density at radius 1 is 0.943 bits per heavy atom. The summed E-state index contributed by atoms with van der Waals surface area (Å²) in [6.45, 7) is 6.08. The molecule has 0 bridgehead atoms. The second-order valence-corrected chi connectivity index (χ2v) is 9.65. The second-order valence-electron chi connectivity index (χ2n) is 8.39. The summed E-state index contributed by atoms with van der Waals surface area (Å²) in [5.41, 5.74) is 4.63. The van der Waals surface area contributed by atoms with E-state index in [1.165, 1.54) is 6.08 Å². The fourth-order valence-electron chi connectivity index (χ4n) is 3.78. The number of ether oxygens (including phenoxy) is 1. The van der Waals surface area contributed by atoms with E-state index in [-0.39, 0.29) is 5.57 Å². The third-order valence-corrected chi connectivity index (χ3v) is 6.27. The van der Waals surface area contributed by atoms with Gasteiger partial charge in [-0.1, -0.05) is 47.5 Å². The first-order chi connectivity index (χ1) is 16.6. The molecule has 8 heteroatoms. The molecule has 1 N–H and O–H groups in total. The largest absolute Gasteiger partial charge is 0.486 e. The van der Waals surface area contributed by atoms with Gasteiger partial charge >= 0.3 is 6.03 Å². The van der Waals surface area contributed by atoms with Crippen LogP contribution in [0.3, 0.4) is 0 Å². The minimum Gasteiger partial charge on any atom is -0.486 e. The highest BCUT2D eigenvalue weighted by Gasteiger charge is 2.37. The maximum atomic E-state index is 13.2. The lowest BCUT2D eigenvalue weighted by molar-refractivity contribution is -0.122. The second kappa shape index (κ2) is 10.1. The van der Waals surface area contributed by atoms with Crippen molar-refractivity contribution in [2.24, 2.45) is 0 Å². The van der Waals surface area contributed by atoms with Gasteiger partial charge in [-0.05, 0) is 89.3 Å². The van der Waals surface area contributed by atoms with Gasteiger partial charge in [0.05, 0.1) is 15.2 Å². The molecule has 0 atom stereocenters. The van der Waals surface area contributed by atoms with E-state index in [1.54, 1.807) is 24.3 Å². The monoisotopic (exact) mass is 552 g/mol. The fourth-order valence-corrected chi connectivity index (χ4v) is 4.77. The number of hydrogen-bond donors (Lipinski definition) is 1. The van der Waals surface area contributed by atoms with Crippen LogP contribution >= 0.6 is 27.5 Å². The van der Waals surface area contributed by atoms with Crippen molar-refractivity contribution < 1.29 is 19.1 Å². The van der Waals surface area contributed by atoms with Crippen LogP contribution in [0.2, 0.25) is 5.02 Å². The van der Waals surface area contributed by atoms with E-state index in [2.05, 4.69) is 21.2 Å². The third-order valence-electron chi connectivity index (χ3n) is 5.40. The van der Waals surface area contributed by atoms with Gasteiger partial charge in [0.2, 0.25) is 0 Å². The first kappa shape index (κ1) is 24.7. The topological polar surface area (TPSA) is 75.7 Å². The van der Waals surface area contributed by atoms with Crippen molar-refractivity contribution in [1.29, 1.82) is 0 Å². The van der Waals surface area contributed by atoms with Crippen LogP contribution in [0, 0.1) is 20.8 Å². The smallest absolute Gasteiger partial charge is 0.335 e. The number of halogens is 2. The van der Waals surface area contributed by atoms with Crippen molar-refractivity contribution in [2.45, 2.75) is 27.4 Å². The lowest BCUT2D eigenvalue weighted by Gasteiger charge is -2.27. The zero-order valence-electron chi connectivity index (χ0n) is 19.3. The summed E-state index contributed by atoms with van der Waals surface area (Å²) >= 11 is 9.93. The molecule has 0 aromatic heterocycles. The molecular weight excluding hydrogens is 532 g/mol. The Labute approximate surface area is 216 Å². The van der Waals surface area contributed by atoms with Crippen molar-refractivity contribution in [2.75, 3.05) is 4.90 Å². The van der Waals surface area contributed by atoms with Crippen molar-refractivity contribution in [1.82, 2.24) is 5.32 Å². The molecule has 1 aliphatic rings. The third kappa shape index (κ3) is 5.47. The van der Waals surface area contributed by atoms with E-state index in [0.29, 0.717) is 33.1 Å². The Hall–Kier alpha value is -3.42. The van der Waals surface area contributed by atoms with Crippen LogP contribution in [0.4, 0.5) is 10.5 Å². The Morgan fingerprint density at radius 2 is 1.60 bits per heavy atom. The Bertz CT molecular complexity index is 1340. The normalized spacial score (nSPS) is 14.9. The van der Waals surface area contributed by atoms with Crippen molar-refractivity contribution in [3.8, 4) is 5.75 Å². The van der Waals surface area contributed by atoms with Crippen LogP contribution in [0.5, 0.6) is 5.75 Å². The average molecular weight is 554 g/mol. The van der Waals surface area contributed by atoms with E-state index in [9.17, 15) is 14.4 Å². The summed E-state index contributed by atoms with van der Waals surface area (Å²) in [6, 6.07) is 15.8. The summed E-state index contributed by atoms with van der Waals surface area (Å²) < 4.78 is 6.46. The first-order valence-corrected chi connectivity index (χ1v) is 12.0. The SMILES string of the molecule is Cc1ccc(COc2c(Cl)cc(/C=C3\C(=O)NC(=O)N(c4cc(C)cc(C)c4)C3=O)cc2Br)cc1. The summed E-state index contributed by atoms with van der Waals surface area (Å²) in [4.78, 5) is 39.2. The maximum absolute atomic E-state index is 13.2. The molecular formula is C27H22BrClN2O4. The molecule has 0 spiro atoms. The van der Waals surface area contributed by atoms with Gasteiger partial charge in [0.25, 0.3) is 11.8 Å². The number of aryl methyl sites for hydroxylation is 3. The van der Waals surface area contributed by atoms with Gasteiger partial charge < -0.3 is 4.74 Å². The molecule has 1 heterocycles. The predicted molar refractivity (Wildman–Crippen MR) is 140 cm³/mol. The number of carbonyl (C=O) groups excluding carboxylic acids is 3. The standard InChI is InChI=1S/C27H22BrClN2O4/c1-15-4-6-18(7-5-15)14-35-24-22(28)12-19(13-23(24)29)11-21-25(32)30-27(34)31(26(21)33)20-9-16(2)8-17(3)10-20/h4-13H,14H2,1-3H3,(H,30,32,34)/b21-11+. The van der Waals surface area contributed by atoms with Crippen LogP contribution in [0.1, 0.15) is 27.8 Å². The van der Waals surface area contributed by atoms with Crippen LogP contribution in [0.25, 0.3) is 6.08 Å². The van der Waals surface area contributed by atoms with Crippen molar-refractivity contribution in [3.63, 3.8) is 0 Å². The minimum absolute atomic E-state index is 0.181. The van der Waals surface area contributed by atoms with Crippen LogP contribution in [-0.2, 0) is 16.2 Å². The summed E-state index contributed by atoms with van der Waals surface area (Å²) in [6.07, 6.45) is 1.40. The quantitative estimate of drug-likeness (QED) is 0.298. The highest BCUT2D eigenvalue weighted by Crippen LogP contribution is 2.36. The summed E-state index contributed by atoms with van der Waals surface area (Å²) in [7, 11) is 0. The van der Waals surface area contributed by atoms with Gasteiger partial charge in [0, 0.05) is 0 Å². The van der Waals surface area contributed by atoms with Crippen LogP contribution < -0.4 is 15.0 Å². The van der Waals surface area contributed by atoms with Crippen LogP contribution in [0.15, 0.2) is 64.6 Å². The van der Waals surface area contributed by atoms with E-state index in [0.717, 1.165) is 27.2 Å².